The Morgan fingerprint density at radius 1 is 1.38 bits per heavy atom. The number of allylic oxidation sites excluding steroid dienone is 1. The highest BCUT2D eigenvalue weighted by Gasteiger charge is 2.40. The highest BCUT2D eigenvalue weighted by molar-refractivity contribution is 7.17. The van der Waals surface area contributed by atoms with Crippen molar-refractivity contribution in [2.45, 2.75) is 44.4 Å². The minimum Gasteiger partial charge on any atom is -0.462 e. The molecule has 0 aliphatic heterocycles. The highest BCUT2D eigenvalue weighted by atomic mass is 32.1. The van der Waals surface area contributed by atoms with Crippen molar-refractivity contribution < 1.29 is 14.3 Å². The largest absolute Gasteiger partial charge is 0.462 e. The average Bonchev–Trinajstić information content (AvgIpc) is 3.09. The zero-order chi connectivity index (χ0) is 20.9. The van der Waals surface area contributed by atoms with Crippen LogP contribution in [0, 0.1) is 11.3 Å². The number of thiophene rings is 1. The van der Waals surface area contributed by atoms with Gasteiger partial charge in [0.25, 0.3) is 0 Å². The number of hydrogen-bond donors (Lipinski definition) is 1. The molecule has 150 valence electrons. The van der Waals surface area contributed by atoms with Gasteiger partial charge in [-0.2, -0.15) is 5.26 Å². The lowest BCUT2D eigenvalue weighted by molar-refractivity contribution is -0.116. The van der Waals surface area contributed by atoms with Crippen molar-refractivity contribution >= 4 is 28.2 Å². The molecule has 0 radical (unpaired) electrons. The van der Waals surface area contributed by atoms with Crippen LogP contribution in [-0.4, -0.2) is 18.5 Å². The van der Waals surface area contributed by atoms with Gasteiger partial charge in [-0.15, -0.1) is 17.9 Å². The molecule has 1 amide bonds. The molecule has 1 heterocycles. The van der Waals surface area contributed by atoms with Gasteiger partial charge in [0.1, 0.15) is 5.00 Å². The van der Waals surface area contributed by atoms with Gasteiger partial charge in [0.05, 0.1) is 23.7 Å². The molecule has 1 aliphatic carbocycles. The maximum atomic E-state index is 12.6. The Bertz CT molecular complexity index is 958. The Labute approximate surface area is 175 Å². The van der Waals surface area contributed by atoms with E-state index in [9.17, 15) is 14.9 Å². The van der Waals surface area contributed by atoms with Gasteiger partial charge in [0.2, 0.25) is 5.91 Å². The van der Waals surface area contributed by atoms with Crippen LogP contribution in [0.2, 0.25) is 0 Å². The predicted octanol–water partition coefficient (Wildman–Crippen LogP) is 4.78. The maximum absolute atomic E-state index is 12.6. The summed E-state index contributed by atoms with van der Waals surface area (Å²) in [6.07, 6.45) is 4.28. The van der Waals surface area contributed by atoms with E-state index >= 15 is 0 Å². The number of fused-ring (bicyclic) bond motifs is 1. The van der Waals surface area contributed by atoms with E-state index in [1.165, 1.54) is 11.3 Å². The molecule has 1 aromatic carbocycles. The number of benzene rings is 1. The summed E-state index contributed by atoms with van der Waals surface area (Å²) in [5, 5.41) is 13.4. The first-order chi connectivity index (χ1) is 14.0. The Morgan fingerprint density at radius 3 is 2.79 bits per heavy atom. The number of nitrogens with zero attached hydrogens (tertiary/aromatic N) is 1. The van der Waals surface area contributed by atoms with Crippen LogP contribution in [0.25, 0.3) is 0 Å². The lowest BCUT2D eigenvalue weighted by Gasteiger charge is -2.31. The molecule has 6 heteroatoms. The highest BCUT2D eigenvalue weighted by Crippen LogP contribution is 2.45. The van der Waals surface area contributed by atoms with Crippen LogP contribution in [-0.2, 0) is 27.8 Å². The van der Waals surface area contributed by atoms with Gasteiger partial charge in [0, 0.05) is 17.7 Å². The first-order valence-electron chi connectivity index (χ1n) is 9.73. The third-order valence-electron chi connectivity index (χ3n) is 5.20. The maximum Gasteiger partial charge on any atom is 0.341 e. The summed E-state index contributed by atoms with van der Waals surface area (Å²) in [5.74, 6) is -0.586. The first kappa shape index (κ1) is 20.8. The molecule has 1 aromatic heterocycles. The molecule has 0 spiro atoms. The van der Waals surface area contributed by atoms with Gasteiger partial charge in [-0.25, -0.2) is 4.79 Å². The molecule has 0 fully saturated rings. The van der Waals surface area contributed by atoms with E-state index in [4.69, 9.17) is 4.74 Å². The van der Waals surface area contributed by atoms with Gasteiger partial charge in [0.15, 0.2) is 0 Å². The number of carbonyl (C=O) groups is 2. The monoisotopic (exact) mass is 408 g/mol. The fourth-order valence-electron chi connectivity index (χ4n) is 3.71. The average molecular weight is 409 g/mol. The number of amides is 1. The molecule has 1 atom stereocenters. The van der Waals surface area contributed by atoms with Crippen LogP contribution in [0.5, 0.6) is 0 Å². The number of nitrogens with one attached hydrogen (secondary N) is 1. The lowest BCUT2D eigenvalue weighted by atomic mass is 9.70. The summed E-state index contributed by atoms with van der Waals surface area (Å²) in [4.78, 5) is 25.9. The van der Waals surface area contributed by atoms with Crippen molar-refractivity contribution in [3.05, 3.63) is 64.6 Å². The van der Waals surface area contributed by atoms with E-state index in [-0.39, 0.29) is 12.5 Å². The Hall–Kier alpha value is -2.91. The number of esters is 1. The fraction of sp³-hybridized carbons (Fsp3) is 0.348. The SMILES string of the molecule is C=CCCC(=O)Nc1sc2c(c1C(=O)OCC)CC[C@@](C#N)(c1ccccc1)C2. The molecule has 0 saturated carbocycles. The van der Waals surface area contributed by atoms with E-state index in [1.807, 2.05) is 30.3 Å². The van der Waals surface area contributed by atoms with Crippen molar-refractivity contribution in [3.8, 4) is 6.07 Å². The third-order valence-corrected chi connectivity index (χ3v) is 6.35. The number of nitriles is 1. The standard InChI is InChI=1S/C23H24N2O3S/c1-3-5-11-19(26)25-21-20(22(27)28-4-2)17-12-13-23(15-24,14-18(17)29-21)16-9-7-6-8-10-16/h3,6-10H,1,4-5,11-14H2,2H3,(H,25,26)/t23-/m1/s1. The zero-order valence-corrected chi connectivity index (χ0v) is 17.3. The van der Waals surface area contributed by atoms with Gasteiger partial charge < -0.3 is 10.1 Å². The van der Waals surface area contributed by atoms with E-state index in [0.717, 1.165) is 16.0 Å². The van der Waals surface area contributed by atoms with Crippen LogP contribution in [0.3, 0.4) is 0 Å². The Kier molecular flexibility index (Phi) is 6.50. The summed E-state index contributed by atoms with van der Waals surface area (Å²) in [5.41, 5.74) is 1.69. The molecule has 5 nitrogen and oxygen atoms in total. The van der Waals surface area contributed by atoms with Crippen LogP contribution in [0.4, 0.5) is 5.00 Å². The van der Waals surface area contributed by atoms with E-state index < -0.39 is 11.4 Å². The number of ether oxygens (including phenoxy) is 1. The predicted molar refractivity (Wildman–Crippen MR) is 114 cm³/mol. The van der Waals surface area contributed by atoms with E-state index in [1.54, 1.807) is 13.0 Å². The summed E-state index contributed by atoms with van der Waals surface area (Å²) >= 11 is 1.38. The van der Waals surface area contributed by atoms with Crippen LogP contribution < -0.4 is 5.32 Å². The van der Waals surface area contributed by atoms with Gasteiger partial charge in [-0.05, 0) is 37.3 Å². The second kappa shape index (κ2) is 9.06. The first-order valence-corrected chi connectivity index (χ1v) is 10.6. The fourth-order valence-corrected chi connectivity index (χ4v) is 5.08. The minimum absolute atomic E-state index is 0.163. The second-order valence-electron chi connectivity index (χ2n) is 7.04. The summed E-state index contributed by atoms with van der Waals surface area (Å²) in [6, 6.07) is 12.3. The molecule has 3 rings (SSSR count). The van der Waals surface area contributed by atoms with Crippen LogP contribution >= 0.6 is 11.3 Å². The molecular weight excluding hydrogens is 384 g/mol. The van der Waals surface area contributed by atoms with Crippen LogP contribution in [0.15, 0.2) is 43.0 Å². The number of carbonyl (C=O) groups excluding carboxylic acids is 2. The molecule has 0 saturated heterocycles. The summed E-state index contributed by atoms with van der Waals surface area (Å²) in [7, 11) is 0. The quantitative estimate of drug-likeness (QED) is 0.528. The van der Waals surface area contributed by atoms with Crippen molar-refractivity contribution in [1.82, 2.24) is 0 Å². The smallest absolute Gasteiger partial charge is 0.341 e. The molecule has 2 aromatic rings. The number of hydrogen-bond acceptors (Lipinski definition) is 5. The molecular formula is C23H24N2O3S. The van der Waals surface area contributed by atoms with Gasteiger partial charge in [-0.1, -0.05) is 36.4 Å². The van der Waals surface area contributed by atoms with Crippen molar-refractivity contribution in [1.29, 1.82) is 5.26 Å². The molecule has 1 aliphatic rings. The third kappa shape index (κ3) is 4.25. The lowest BCUT2D eigenvalue weighted by Crippen LogP contribution is -2.31. The topological polar surface area (TPSA) is 79.2 Å². The van der Waals surface area contributed by atoms with Gasteiger partial charge >= 0.3 is 5.97 Å². The normalized spacial score (nSPS) is 17.7. The van der Waals surface area contributed by atoms with E-state index in [2.05, 4.69) is 18.0 Å². The molecule has 1 N–H and O–H groups in total. The van der Waals surface area contributed by atoms with Crippen molar-refractivity contribution in [2.75, 3.05) is 11.9 Å². The summed E-state index contributed by atoms with van der Waals surface area (Å²) < 4.78 is 5.25. The number of rotatable bonds is 7. The zero-order valence-electron chi connectivity index (χ0n) is 16.5. The molecule has 0 unspecified atom stereocenters. The van der Waals surface area contributed by atoms with Crippen molar-refractivity contribution in [3.63, 3.8) is 0 Å². The molecule has 0 bridgehead atoms. The Balaban J connectivity index is 1.99. The van der Waals surface area contributed by atoms with Crippen molar-refractivity contribution in [2.24, 2.45) is 0 Å². The Morgan fingerprint density at radius 2 is 2.14 bits per heavy atom. The number of anilines is 1. The van der Waals surface area contributed by atoms with Gasteiger partial charge in [-0.3, -0.25) is 4.79 Å². The van der Waals surface area contributed by atoms with Crippen LogP contribution in [0.1, 0.15) is 52.5 Å². The minimum atomic E-state index is -0.630. The molecule has 29 heavy (non-hydrogen) atoms. The summed E-state index contributed by atoms with van der Waals surface area (Å²) in [6.45, 7) is 5.66. The second-order valence-corrected chi connectivity index (χ2v) is 8.15. The van der Waals surface area contributed by atoms with E-state index in [0.29, 0.717) is 42.7 Å².